The van der Waals surface area contributed by atoms with Crippen LogP contribution in [0.15, 0.2) is 33.7 Å². The summed E-state index contributed by atoms with van der Waals surface area (Å²) in [5, 5.41) is 3.00. The molecule has 0 spiro atoms. The summed E-state index contributed by atoms with van der Waals surface area (Å²) in [7, 11) is 0.111. The Morgan fingerprint density at radius 2 is 2.05 bits per heavy atom. The summed E-state index contributed by atoms with van der Waals surface area (Å²) in [6.45, 7) is 2.58. The SMILES string of the molecule is CNCc1cc(S(=O)(=O)NCc2ccc(C)o2)cn1C. The van der Waals surface area contributed by atoms with Gasteiger partial charge in [-0.3, -0.25) is 0 Å². The summed E-state index contributed by atoms with van der Waals surface area (Å²) in [6, 6.07) is 5.22. The molecule has 2 rings (SSSR count). The van der Waals surface area contributed by atoms with Gasteiger partial charge in [0.1, 0.15) is 11.5 Å². The number of nitrogens with zero attached hydrogens (tertiary/aromatic N) is 1. The molecule has 0 bridgehead atoms. The lowest BCUT2D eigenvalue weighted by Gasteiger charge is -2.02. The first-order valence-electron chi connectivity index (χ1n) is 6.27. The van der Waals surface area contributed by atoms with Crippen molar-refractivity contribution in [2.45, 2.75) is 24.9 Å². The van der Waals surface area contributed by atoms with E-state index in [4.69, 9.17) is 4.42 Å². The number of rotatable bonds is 6. The lowest BCUT2D eigenvalue weighted by atomic mass is 10.4. The highest BCUT2D eigenvalue weighted by Gasteiger charge is 2.17. The van der Waals surface area contributed by atoms with Crippen LogP contribution in [0.3, 0.4) is 0 Å². The molecule has 6 nitrogen and oxygen atoms in total. The van der Waals surface area contributed by atoms with E-state index in [2.05, 4.69) is 10.0 Å². The maximum Gasteiger partial charge on any atom is 0.242 e. The Kier molecular flexibility index (Phi) is 4.32. The minimum absolute atomic E-state index is 0.145. The average Bonchev–Trinajstić information content (AvgIpc) is 2.95. The van der Waals surface area contributed by atoms with Crippen molar-refractivity contribution in [1.82, 2.24) is 14.6 Å². The van der Waals surface area contributed by atoms with Crippen molar-refractivity contribution >= 4 is 10.0 Å². The maximum atomic E-state index is 12.2. The zero-order valence-corrected chi connectivity index (χ0v) is 12.6. The van der Waals surface area contributed by atoms with Gasteiger partial charge >= 0.3 is 0 Å². The van der Waals surface area contributed by atoms with Crippen LogP contribution in [0.4, 0.5) is 0 Å². The van der Waals surface area contributed by atoms with Crippen molar-refractivity contribution in [3.05, 3.63) is 41.6 Å². The van der Waals surface area contributed by atoms with Gasteiger partial charge in [0, 0.05) is 25.5 Å². The van der Waals surface area contributed by atoms with Gasteiger partial charge in [-0.25, -0.2) is 13.1 Å². The molecule has 2 heterocycles. The van der Waals surface area contributed by atoms with Crippen molar-refractivity contribution in [3.63, 3.8) is 0 Å². The largest absolute Gasteiger partial charge is 0.465 e. The summed E-state index contributed by atoms with van der Waals surface area (Å²) in [6.07, 6.45) is 1.60. The van der Waals surface area contributed by atoms with E-state index in [1.807, 2.05) is 21.0 Å². The highest BCUT2D eigenvalue weighted by molar-refractivity contribution is 7.89. The van der Waals surface area contributed by atoms with Gasteiger partial charge in [-0.1, -0.05) is 0 Å². The molecule has 0 amide bonds. The van der Waals surface area contributed by atoms with Crippen molar-refractivity contribution in [2.75, 3.05) is 7.05 Å². The molecule has 0 saturated carbocycles. The van der Waals surface area contributed by atoms with E-state index in [1.54, 1.807) is 29.0 Å². The van der Waals surface area contributed by atoms with Gasteiger partial charge in [0.2, 0.25) is 10.0 Å². The molecule has 2 N–H and O–H groups in total. The molecule has 0 saturated heterocycles. The van der Waals surface area contributed by atoms with Gasteiger partial charge in [-0.15, -0.1) is 0 Å². The van der Waals surface area contributed by atoms with Crippen LogP contribution >= 0.6 is 0 Å². The molecule has 0 atom stereocenters. The molecule has 0 aliphatic heterocycles. The predicted octanol–water partition coefficient (Wildman–Crippen LogP) is 1.12. The van der Waals surface area contributed by atoms with Crippen LogP contribution in [0.5, 0.6) is 0 Å². The van der Waals surface area contributed by atoms with Crippen molar-refractivity contribution < 1.29 is 12.8 Å². The second-order valence-corrected chi connectivity index (χ2v) is 6.41. The summed E-state index contributed by atoms with van der Waals surface area (Å²) < 4.78 is 34.1. The third-order valence-electron chi connectivity index (χ3n) is 2.98. The van der Waals surface area contributed by atoms with Gasteiger partial charge in [0.05, 0.1) is 11.4 Å². The lowest BCUT2D eigenvalue weighted by molar-refractivity contribution is 0.475. The van der Waals surface area contributed by atoms with Crippen LogP contribution < -0.4 is 10.0 Å². The monoisotopic (exact) mass is 297 g/mol. The van der Waals surface area contributed by atoms with Crippen LogP contribution in [-0.4, -0.2) is 20.0 Å². The van der Waals surface area contributed by atoms with Crippen LogP contribution in [0.1, 0.15) is 17.2 Å². The number of sulfonamides is 1. The molecule has 110 valence electrons. The fourth-order valence-electron chi connectivity index (χ4n) is 1.91. The minimum Gasteiger partial charge on any atom is -0.465 e. The average molecular weight is 297 g/mol. The van der Waals surface area contributed by atoms with Gasteiger partial charge in [-0.05, 0) is 32.2 Å². The van der Waals surface area contributed by atoms with Crippen LogP contribution in [0, 0.1) is 6.92 Å². The lowest BCUT2D eigenvalue weighted by Crippen LogP contribution is -2.22. The number of nitrogens with one attached hydrogen (secondary N) is 2. The van der Waals surface area contributed by atoms with E-state index < -0.39 is 10.0 Å². The van der Waals surface area contributed by atoms with E-state index in [-0.39, 0.29) is 11.4 Å². The topological polar surface area (TPSA) is 76.3 Å². The molecule has 2 aromatic rings. The first-order valence-corrected chi connectivity index (χ1v) is 7.75. The van der Waals surface area contributed by atoms with E-state index in [0.717, 1.165) is 11.5 Å². The number of furan rings is 1. The quantitative estimate of drug-likeness (QED) is 0.838. The molecular weight excluding hydrogens is 278 g/mol. The van der Waals surface area contributed by atoms with E-state index in [0.29, 0.717) is 12.3 Å². The number of hydrogen-bond donors (Lipinski definition) is 2. The van der Waals surface area contributed by atoms with Gasteiger partial charge in [0.15, 0.2) is 0 Å². The van der Waals surface area contributed by atoms with Crippen LogP contribution in [-0.2, 0) is 30.2 Å². The maximum absolute atomic E-state index is 12.2. The van der Waals surface area contributed by atoms with E-state index in [1.165, 1.54) is 0 Å². The Morgan fingerprint density at radius 1 is 1.30 bits per heavy atom. The summed E-state index contributed by atoms with van der Waals surface area (Å²) >= 11 is 0. The van der Waals surface area contributed by atoms with Crippen LogP contribution in [0.25, 0.3) is 0 Å². The van der Waals surface area contributed by atoms with Crippen molar-refractivity contribution in [2.24, 2.45) is 7.05 Å². The summed E-state index contributed by atoms with van der Waals surface area (Å²) in [5.74, 6) is 1.35. The molecule has 0 fully saturated rings. The molecule has 0 unspecified atom stereocenters. The highest BCUT2D eigenvalue weighted by Crippen LogP contribution is 2.14. The number of aryl methyl sites for hydroxylation is 2. The zero-order valence-electron chi connectivity index (χ0n) is 11.8. The highest BCUT2D eigenvalue weighted by atomic mass is 32.2. The number of hydrogen-bond acceptors (Lipinski definition) is 4. The van der Waals surface area contributed by atoms with E-state index >= 15 is 0 Å². The normalized spacial score (nSPS) is 11.9. The first-order chi connectivity index (χ1) is 9.42. The standard InChI is InChI=1S/C13H19N3O3S/c1-10-4-5-12(19-10)8-15-20(17,18)13-6-11(7-14-2)16(3)9-13/h4-6,9,14-15H,7-8H2,1-3H3. The second kappa shape index (κ2) is 5.82. The Bertz CT molecular complexity index is 686. The Hall–Kier alpha value is -1.57. The minimum atomic E-state index is -3.53. The molecule has 0 aliphatic carbocycles. The second-order valence-electron chi connectivity index (χ2n) is 4.65. The molecule has 20 heavy (non-hydrogen) atoms. The Labute approximate surface area is 118 Å². The first kappa shape index (κ1) is 14.8. The van der Waals surface area contributed by atoms with Gasteiger partial charge in [-0.2, -0.15) is 0 Å². The third kappa shape index (κ3) is 3.30. The zero-order chi connectivity index (χ0) is 14.8. The molecule has 0 aromatic carbocycles. The smallest absolute Gasteiger partial charge is 0.242 e. The predicted molar refractivity (Wildman–Crippen MR) is 75.6 cm³/mol. The molecule has 7 heteroatoms. The van der Waals surface area contributed by atoms with Crippen molar-refractivity contribution in [1.29, 1.82) is 0 Å². The summed E-state index contributed by atoms with van der Waals surface area (Å²) in [4.78, 5) is 0.258. The molecule has 0 aliphatic rings. The molecule has 2 aromatic heterocycles. The Morgan fingerprint density at radius 3 is 2.65 bits per heavy atom. The third-order valence-corrected chi connectivity index (χ3v) is 4.35. The van der Waals surface area contributed by atoms with E-state index in [9.17, 15) is 8.42 Å². The van der Waals surface area contributed by atoms with Gasteiger partial charge < -0.3 is 14.3 Å². The van der Waals surface area contributed by atoms with Gasteiger partial charge in [0.25, 0.3) is 0 Å². The number of aromatic nitrogens is 1. The molecular formula is C13H19N3O3S. The molecule has 0 radical (unpaired) electrons. The van der Waals surface area contributed by atoms with Crippen LogP contribution in [0.2, 0.25) is 0 Å². The fourth-order valence-corrected chi connectivity index (χ4v) is 3.00. The Balaban J connectivity index is 2.11. The summed E-state index contributed by atoms with van der Waals surface area (Å²) in [5.41, 5.74) is 0.904. The fraction of sp³-hybridized carbons (Fsp3) is 0.385. The van der Waals surface area contributed by atoms with Crippen molar-refractivity contribution in [3.8, 4) is 0 Å².